The lowest BCUT2D eigenvalue weighted by atomic mass is 9.86. The molecule has 1 aliphatic carbocycles. The standard InChI is InChI=1S/C27H31FN2O5/c1-27(2)11-9-17-13-18(15-21(28)24(17)27)29-26(34)25-20-8-7-19(35-3)14-16(20)10-12-30(25)22(31)5-4-6-23(32)33/h7-8,13-15,25H,4-6,9-12H2,1-3H3,(H,29,34)(H,32,33)/t25-/m1/s1. The summed E-state index contributed by atoms with van der Waals surface area (Å²) in [7, 11) is 1.57. The number of aryl methyl sites for hydroxylation is 1. The number of hydrogen-bond donors (Lipinski definition) is 2. The molecule has 1 heterocycles. The summed E-state index contributed by atoms with van der Waals surface area (Å²) in [6.07, 6.45) is 2.24. The number of nitrogens with zero attached hydrogens (tertiary/aromatic N) is 1. The number of carbonyl (C=O) groups excluding carboxylic acids is 2. The molecular weight excluding hydrogens is 451 g/mol. The Bertz CT molecular complexity index is 1180. The molecule has 2 aromatic rings. The number of methoxy groups -OCH3 is 1. The van der Waals surface area contributed by atoms with E-state index in [2.05, 4.69) is 5.32 Å². The van der Waals surface area contributed by atoms with Crippen molar-refractivity contribution >= 4 is 23.5 Å². The number of benzene rings is 2. The number of carboxylic acids is 1. The molecule has 0 aromatic heterocycles. The molecule has 0 radical (unpaired) electrons. The second-order valence-corrected chi connectivity index (χ2v) is 9.92. The summed E-state index contributed by atoms with van der Waals surface area (Å²) < 4.78 is 20.3. The van der Waals surface area contributed by atoms with Gasteiger partial charge in [0.05, 0.1) is 7.11 Å². The van der Waals surface area contributed by atoms with Gasteiger partial charge < -0.3 is 20.1 Å². The summed E-state index contributed by atoms with van der Waals surface area (Å²) in [4.78, 5) is 39.0. The maximum atomic E-state index is 15.0. The van der Waals surface area contributed by atoms with Crippen LogP contribution < -0.4 is 10.1 Å². The Hall–Kier alpha value is -3.42. The van der Waals surface area contributed by atoms with Gasteiger partial charge in [-0.15, -0.1) is 0 Å². The Labute approximate surface area is 204 Å². The highest BCUT2D eigenvalue weighted by molar-refractivity contribution is 5.98. The summed E-state index contributed by atoms with van der Waals surface area (Å²) in [5.41, 5.74) is 3.29. The highest BCUT2D eigenvalue weighted by Gasteiger charge is 2.37. The monoisotopic (exact) mass is 482 g/mol. The van der Waals surface area contributed by atoms with Crippen LogP contribution in [-0.2, 0) is 32.6 Å². The Morgan fingerprint density at radius 1 is 1.14 bits per heavy atom. The van der Waals surface area contributed by atoms with Gasteiger partial charge in [0.2, 0.25) is 5.91 Å². The average Bonchev–Trinajstić information content (AvgIpc) is 3.12. The van der Waals surface area contributed by atoms with Crippen molar-refractivity contribution in [2.24, 2.45) is 0 Å². The number of nitrogens with one attached hydrogen (secondary N) is 1. The summed E-state index contributed by atoms with van der Waals surface area (Å²) >= 11 is 0. The van der Waals surface area contributed by atoms with E-state index in [1.807, 2.05) is 26.0 Å². The van der Waals surface area contributed by atoms with Crippen molar-refractivity contribution in [2.45, 2.75) is 63.8 Å². The van der Waals surface area contributed by atoms with Crippen LogP contribution in [0.1, 0.15) is 67.8 Å². The van der Waals surface area contributed by atoms with Gasteiger partial charge in [0.15, 0.2) is 0 Å². The molecule has 1 atom stereocenters. The summed E-state index contributed by atoms with van der Waals surface area (Å²) in [6.45, 7) is 4.35. The molecule has 0 bridgehead atoms. The zero-order chi connectivity index (χ0) is 25.3. The highest BCUT2D eigenvalue weighted by Crippen LogP contribution is 2.41. The van der Waals surface area contributed by atoms with Crippen LogP contribution in [0.5, 0.6) is 5.75 Å². The lowest BCUT2D eigenvalue weighted by molar-refractivity contribution is -0.140. The van der Waals surface area contributed by atoms with Gasteiger partial charge in [-0.25, -0.2) is 4.39 Å². The number of carbonyl (C=O) groups is 3. The van der Waals surface area contributed by atoms with Crippen molar-refractivity contribution in [3.05, 3.63) is 58.4 Å². The number of halogens is 1. The predicted octanol–water partition coefficient (Wildman–Crippen LogP) is 4.38. The molecule has 0 unspecified atom stereocenters. The van der Waals surface area contributed by atoms with Gasteiger partial charge >= 0.3 is 5.97 Å². The van der Waals surface area contributed by atoms with Crippen molar-refractivity contribution in [1.29, 1.82) is 0 Å². The van der Waals surface area contributed by atoms with Gasteiger partial charge in [-0.3, -0.25) is 14.4 Å². The number of amides is 2. The smallest absolute Gasteiger partial charge is 0.303 e. The molecule has 1 aliphatic heterocycles. The van der Waals surface area contributed by atoms with E-state index in [9.17, 15) is 18.8 Å². The largest absolute Gasteiger partial charge is 0.497 e. The van der Waals surface area contributed by atoms with E-state index in [0.717, 1.165) is 24.0 Å². The lowest BCUT2D eigenvalue weighted by Gasteiger charge is -2.36. The van der Waals surface area contributed by atoms with Crippen LogP contribution in [0.15, 0.2) is 30.3 Å². The third kappa shape index (κ3) is 5.01. The van der Waals surface area contributed by atoms with Gasteiger partial charge in [0.25, 0.3) is 5.91 Å². The van der Waals surface area contributed by atoms with Gasteiger partial charge in [0, 0.05) is 25.1 Å². The zero-order valence-corrected chi connectivity index (χ0v) is 20.3. The Morgan fingerprint density at radius 2 is 1.91 bits per heavy atom. The third-order valence-corrected chi connectivity index (χ3v) is 7.06. The molecule has 0 saturated heterocycles. The van der Waals surface area contributed by atoms with Gasteiger partial charge in [-0.05, 0) is 77.6 Å². The van der Waals surface area contributed by atoms with Gasteiger partial charge in [-0.2, -0.15) is 0 Å². The van der Waals surface area contributed by atoms with E-state index in [0.29, 0.717) is 35.5 Å². The zero-order valence-electron chi connectivity index (χ0n) is 20.3. The highest BCUT2D eigenvalue weighted by atomic mass is 19.1. The van der Waals surface area contributed by atoms with Gasteiger partial charge in [0.1, 0.15) is 17.6 Å². The lowest BCUT2D eigenvalue weighted by Crippen LogP contribution is -2.45. The quantitative estimate of drug-likeness (QED) is 0.611. The topological polar surface area (TPSA) is 95.9 Å². The number of hydrogen-bond acceptors (Lipinski definition) is 4. The van der Waals surface area contributed by atoms with Crippen LogP contribution in [-0.4, -0.2) is 41.4 Å². The maximum absolute atomic E-state index is 15.0. The SMILES string of the molecule is COc1ccc2c(c1)CCN(C(=O)CCCC(=O)O)[C@H]2C(=O)Nc1cc(F)c2c(c1)CCC2(C)C. The van der Waals surface area contributed by atoms with Gasteiger partial charge in [-0.1, -0.05) is 19.9 Å². The fourth-order valence-corrected chi connectivity index (χ4v) is 5.29. The fraction of sp³-hybridized carbons (Fsp3) is 0.444. The normalized spacial score (nSPS) is 17.9. The third-order valence-electron chi connectivity index (χ3n) is 7.06. The Morgan fingerprint density at radius 3 is 2.63 bits per heavy atom. The van der Waals surface area contributed by atoms with Crippen LogP contribution in [0.3, 0.4) is 0 Å². The van der Waals surface area contributed by atoms with Crippen molar-refractivity contribution in [1.82, 2.24) is 4.90 Å². The van der Waals surface area contributed by atoms with E-state index < -0.39 is 17.9 Å². The molecular formula is C27H31FN2O5. The molecule has 2 amide bonds. The van der Waals surface area contributed by atoms with E-state index >= 15 is 0 Å². The number of rotatable bonds is 7. The second-order valence-electron chi connectivity index (χ2n) is 9.92. The number of fused-ring (bicyclic) bond motifs is 2. The number of ether oxygens (including phenoxy) is 1. The first-order chi connectivity index (χ1) is 16.6. The minimum Gasteiger partial charge on any atom is -0.497 e. The molecule has 8 heteroatoms. The van der Waals surface area contributed by atoms with E-state index in [4.69, 9.17) is 9.84 Å². The van der Waals surface area contributed by atoms with E-state index in [1.165, 1.54) is 11.0 Å². The molecule has 2 N–H and O–H groups in total. The summed E-state index contributed by atoms with van der Waals surface area (Å²) in [5, 5.41) is 11.8. The second kappa shape index (κ2) is 9.68. The molecule has 0 saturated carbocycles. The van der Waals surface area contributed by atoms with Crippen molar-refractivity contribution in [3.8, 4) is 5.75 Å². The number of carboxylic acid groups (broad SMARTS) is 1. The van der Waals surface area contributed by atoms with Crippen LogP contribution in [0.4, 0.5) is 10.1 Å². The first kappa shape index (κ1) is 24.7. The fourth-order valence-electron chi connectivity index (χ4n) is 5.29. The van der Waals surface area contributed by atoms with Crippen molar-refractivity contribution in [2.75, 3.05) is 19.0 Å². The van der Waals surface area contributed by atoms with Crippen LogP contribution in [0, 0.1) is 5.82 Å². The van der Waals surface area contributed by atoms with Crippen LogP contribution >= 0.6 is 0 Å². The van der Waals surface area contributed by atoms with Crippen molar-refractivity contribution in [3.63, 3.8) is 0 Å². The molecule has 7 nitrogen and oxygen atoms in total. The van der Waals surface area contributed by atoms with Crippen LogP contribution in [0.2, 0.25) is 0 Å². The van der Waals surface area contributed by atoms with E-state index in [-0.39, 0.29) is 36.4 Å². The first-order valence-electron chi connectivity index (χ1n) is 11.9. The summed E-state index contributed by atoms with van der Waals surface area (Å²) in [6, 6.07) is 7.64. The molecule has 35 heavy (non-hydrogen) atoms. The maximum Gasteiger partial charge on any atom is 0.303 e. The molecule has 2 aromatic carbocycles. The average molecular weight is 483 g/mol. The molecule has 186 valence electrons. The molecule has 4 rings (SSSR count). The molecule has 2 aliphatic rings. The minimum absolute atomic E-state index is 0.0319. The Kier molecular flexibility index (Phi) is 6.83. The Balaban J connectivity index is 1.63. The number of anilines is 1. The minimum atomic E-state index is -0.968. The van der Waals surface area contributed by atoms with Crippen LogP contribution in [0.25, 0.3) is 0 Å². The molecule has 0 fully saturated rings. The number of aliphatic carboxylic acids is 1. The van der Waals surface area contributed by atoms with Crippen molar-refractivity contribution < 1.29 is 28.6 Å². The summed E-state index contributed by atoms with van der Waals surface area (Å²) in [5.74, 6) is -1.36. The first-order valence-corrected chi connectivity index (χ1v) is 11.9. The van der Waals surface area contributed by atoms with E-state index in [1.54, 1.807) is 19.2 Å². The molecule has 0 spiro atoms. The predicted molar refractivity (Wildman–Crippen MR) is 129 cm³/mol.